The lowest BCUT2D eigenvalue weighted by atomic mass is 9.86. The topological polar surface area (TPSA) is 124 Å². The van der Waals surface area contributed by atoms with Crippen molar-refractivity contribution in [2.75, 3.05) is 26.2 Å². The van der Waals surface area contributed by atoms with Gasteiger partial charge in [-0.2, -0.15) is 0 Å². The molecule has 2 aromatic carbocycles. The van der Waals surface area contributed by atoms with Crippen LogP contribution in [-0.2, 0) is 9.59 Å². The highest BCUT2D eigenvalue weighted by molar-refractivity contribution is 6.21. The number of fused-ring (bicyclic) bond motifs is 1. The number of amides is 2. The lowest BCUT2D eigenvalue weighted by Crippen LogP contribution is -2.43. The second kappa shape index (κ2) is 9.45. The third kappa shape index (κ3) is 4.86. The first kappa shape index (κ1) is 21.3. The number of hydrogen-bond acceptors (Lipinski definition) is 7. The maximum absolute atomic E-state index is 12.2. The van der Waals surface area contributed by atoms with E-state index in [4.69, 9.17) is 10.1 Å². The van der Waals surface area contributed by atoms with E-state index in [1.807, 2.05) is 12.1 Å². The third-order valence-corrected chi connectivity index (χ3v) is 5.97. The largest absolute Gasteiger partial charge is 0.507 e. The number of imide groups is 1. The number of benzene rings is 2. The fourth-order valence-electron chi connectivity index (χ4n) is 4.27. The number of rotatable bonds is 7. The predicted octanol–water partition coefficient (Wildman–Crippen LogP) is 1.69. The van der Waals surface area contributed by atoms with Crippen molar-refractivity contribution in [2.24, 2.45) is 5.92 Å². The van der Waals surface area contributed by atoms with E-state index < -0.39 is 11.8 Å². The first-order valence-corrected chi connectivity index (χ1v) is 10.8. The molecular formula is C23H28N4O4. The zero-order valence-electron chi connectivity index (χ0n) is 17.4. The minimum atomic E-state index is -0.758. The molecule has 0 spiro atoms. The van der Waals surface area contributed by atoms with Gasteiger partial charge in [-0.15, -0.1) is 0 Å². The van der Waals surface area contributed by atoms with E-state index in [1.54, 1.807) is 12.1 Å². The molecule has 0 aromatic heterocycles. The molecule has 5 N–H and O–H groups in total. The van der Waals surface area contributed by atoms with Gasteiger partial charge in [0.1, 0.15) is 18.1 Å². The van der Waals surface area contributed by atoms with Gasteiger partial charge in [-0.3, -0.25) is 14.9 Å². The molecule has 31 heavy (non-hydrogen) atoms. The number of hydrogen-bond donors (Lipinski definition) is 5. The van der Waals surface area contributed by atoms with Crippen LogP contribution in [-0.4, -0.2) is 54.9 Å². The average Bonchev–Trinajstić information content (AvgIpc) is 2.77. The van der Waals surface area contributed by atoms with E-state index in [1.165, 1.54) is 6.07 Å². The molecule has 2 aliphatic rings. The molecule has 2 heterocycles. The van der Waals surface area contributed by atoms with Crippen LogP contribution in [0.5, 0.6) is 11.5 Å². The Labute approximate surface area is 180 Å². The van der Waals surface area contributed by atoms with E-state index >= 15 is 0 Å². The SMILES string of the molecule is N=C(c1c(O)ccc2cc(OCCNC3CCNCC3)ccc12)C1CCC(=O)NC1=O. The Hall–Kier alpha value is -2.97. The molecule has 0 bridgehead atoms. The Morgan fingerprint density at radius 3 is 2.74 bits per heavy atom. The standard InChI is InChI=1S/C23H28N4O4/c24-22(18-4-6-20(29)27-23(18)30)21-17-3-2-16(13-14(17)1-5-19(21)28)31-12-11-26-15-7-9-25-10-8-15/h1-3,5,13,15,18,24-26,28H,4,6-12H2,(H,27,29,30). The van der Waals surface area contributed by atoms with Gasteiger partial charge in [-0.1, -0.05) is 6.07 Å². The monoisotopic (exact) mass is 424 g/mol. The number of phenolic OH excluding ortho intramolecular Hbond substituents is 1. The molecule has 0 radical (unpaired) electrons. The fraction of sp³-hybridized carbons (Fsp3) is 0.435. The van der Waals surface area contributed by atoms with Gasteiger partial charge in [-0.05, 0) is 67.4 Å². The molecule has 4 rings (SSSR count). The third-order valence-electron chi connectivity index (χ3n) is 5.97. The summed E-state index contributed by atoms with van der Waals surface area (Å²) in [6, 6.07) is 9.33. The van der Waals surface area contributed by atoms with Gasteiger partial charge < -0.3 is 25.9 Å². The highest BCUT2D eigenvalue weighted by Crippen LogP contribution is 2.33. The van der Waals surface area contributed by atoms with Gasteiger partial charge in [0.25, 0.3) is 0 Å². The van der Waals surface area contributed by atoms with E-state index in [2.05, 4.69) is 16.0 Å². The van der Waals surface area contributed by atoms with E-state index in [0.29, 0.717) is 29.3 Å². The van der Waals surface area contributed by atoms with Gasteiger partial charge in [0.15, 0.2) is 0 Å². The summed E-state index contributed by atoms with van der Waals surface area (Å²) in [5.74, 6) is -0.913. The van der Waals surface area contributed by atoms with Crippen molar-refractivity contribution in [1.29, 1.82) is 5.41 Å². The zero-order chi connectivity index (χ0) is 21.8. The minimum absolute atomic E-state index is 0.0212. The molecule has 8 nitrogen and oxygen atoms in total. The Morgan fingerprint density at radius 1 is 1.16 bits per heavy atom. The van der Waals surface area contributed by atoms with Crippen molar-refractivity contribution < 1.29 is 19.4 Å². The van der Waals surface area contributed by atoms with Crippen LogP contribution in [0.1, 0.15) is 31.2 Å². The number of aromatic hydroxyl groups is 1. The fourth-order valence-corrected chi connectivity index (χ4v) is 4.27. The van der Waals surface area contributed by atoms with Crippen LogP contribution in [0.2, 0.25) is 0 Å². The number of carbonyl (C=O) groups is 2. The van der Waals surface area contributed by atoms with Crippen LogP contribution in [0.3, 0.4) is 0 Å². The molecule has 0 aliphatic carbocycles. The summed E-state index contributed by atoms with van der Waals surface area (Å²) in [7, 11) is 0. The first-order chi connectivity index (χ1) is 15.0. The molecule has 2 aromatic rings. The van der Waals surface area contributed by atoms with Gasteiger partial charge in [0, 0.05) is 24.6 Å². The normalized spacial score (nSPS) is 19.9. The maximum atomic E-state index is 12.2. The summed E-state index contributed by atoms with van der Waals surface area (Å²) in [6.45, 7) is 3.41. The van der Waals surface area contributed by atoms with Crippen LogP contribution in [0.4, 0.5) is 0 Å². The Bertz CT molecular complexity index is 1000. The second-order valence-electron chi connectivity index (χ2n) is 8.09. The van der Waals surface area contributed by atoms with Gasteiger partial charge in [0.2, 0.25) is 11.8 Å². The number of ether oxygens (including phenoxy) is 1. The van der Waals surface area contributed by atoms with Crippen molar-refractivity contribution in [3.05, 3.63) is 35.9 Å². The molecular weight excluding hydrogens is 396 g/mol. The number of phenols is 1. The summed E-state index contributed by atoms with van der Waals surface area (Å²) in [6.07, 6.45) is 2.71. The quantitative estimate of drug-likeness (QED) is 0.262. The Kier molecular flexibility index (Phi) is 6.48. The van der Waals surface area contributed by atoms with Gasteiger partial charge in [0.05, 0.1) is 11.6 Å². The van der Waals surface area contributed by atoms with Gasteiger partial charge in [-0.25, -0.2) is 0 Å². The summed E-state index contributed by atoms with van der Waals surface area (Å²) in [5, 5.41) is 29.6. The Morgan fingerprint density at radius 2 is 1.97 bits per heavy atom. The van der Waals surface area contributed by atoms with Crippen molar-refractivity contribution in [3.63, 3.8) is 0 Å². The molecule has 2 amide bonds. The molecule has 8 heteroatoms. The van der Waals surface area contributed by atoms with Crippen molar-refractivity contribution in [1.82, 2.24) is 16.0 Å². The molecule has 0 saturated carbocycles. The van der Waals surface area contributed by atoms with Crippen molar-refractivity contribution in [3.8, 4) is 11.5 Å². The summed E-state index contributed by atoms with van der Waals surface area (Å²) < 4.78 is 5.89. The summed E-state index contributed by atoms with van der Waals surface area (Å²) in [4.78, 5) is 23.6. The van der Waals surface area contributed by atoms with Crippen LogP contribution in [0, 0.1) is 11.3 Å². The summed E-state index contributed by atoms with van der Waals surface area (Å²) >= 11 is 0. The van der Waals surface area contributed by atoms with Crippen molar-refractivity contribution in [2.45, 2.75) is 31.7 Å². The highest BCUT2D eigenvalue weighted by Gasteiger charge is 2.32. The Balaban J connectivity index is 1.45. The first-order valence-electron chi connectivity index (χ1n) is 10.8. The van der Waals surface area contributed by atoms with Crippen molar-refractivity contribution >= 4 is 28.3 Å². The van der Waals surface area contributed by atoms with Crippen LogP contribution in [0.15, 0.2) is 30.3 Å². The summed E-state index contributed by atoms with van der Waals surface area (Å²) in [5.41, 5.74) is 0.346. The predicted molar refractivity (Wildman–Crippen MR) is 118 cm³/mol. The van der Waals surface area contributed by atoms with Crippen LogP contribution in [0.25, 0.3) is 10.8 Å². The van der Waals surface area contributed by atoms with E-state index in [9.17, 15) is 14.7 Å². The lowest BCUT2D eigenvalue weighted by molar-refractivity contribution is -0.134. The molecule has 1 unspecified atom stereocenters. The average molecular weight is 425 g/mol. The van der Waals surface area contributed by atoms with Gasteiger partial charge >= 0.3 is 0 Å². The smallest absolute Gasteiger partial charge is 0.235 e. The number of carbonyl (C=O) groups excluding carboxylic acids is 2. The van der Waals surface area contributed by atoms with Crippen LogP contribution < -0.4 is 20.7 Å². The second-order valence-corrected chi connectivity index (χ2v) is 8.09. The molecule has 1 atom stereocenters. The zero-order valence-corrected chi connectivity index (χ0v) is 17.4. The number of piperidine rings is 2. The number of nitrogens with one attached hydrogen (secondary N) is 4. The minimum Gasteiger partial charge on any atom is -0.507 e. The lowest BCUT2D eigenvalue weighted by Gasteiger charge is -2.24. The van der Waals surface area contributed by atoms with E-state index in [-0.39, 0.29) is 30.2 Å². The maximum Gasteiger partial charge on any atom is 0.235 e. The molecule has 2 aliphatic heterocycles. The van der Waals surface area contributed by atoms with Crippen LogP contribution >= 0.6 is 0 Å². The molecule has 164 valence electrons. The van der Waals surface area contributed by atoms with E-state index in [0.717, 1.165) is 37.9 Å². The highest BCUT2D eigenvalue weighted by atomic mass is 16.5. The molecule has 2 fully saturated rings. The molecule has 2 saturated heterocycles.